The van der Waals surface area contributed by atoms with E-state index in [-0.39, 0.29) is 0 Å². The number of hydrogen-bond donors (Lipinski definition) is 1. The van der Waals surface area contributed by atoms with Crippen molar-refractivity contribution in [3.63, 3.8) is 0 Å². The molecule has 0 spiro atoms. The van der Waals surface area contributed by atoms with Gasteiger partial charge in [0.25, 0.3) is 0 Å². The SMILES string of the molecule is NCCN1CCC(N2CCCCCC2=O)CC1. The topological polar surface area (TPSA) is 49.6 Å². The molecule has 0 bridgehead atoms. The van der Waals surface area contributed by atoms with Crippen LogP contribution in [0.25, 0.3) is 0 Å². The smallest absolute Gasteiger partial charge is 0.222 e. The number of carbonyl (C=O) groups is 1. The molecule has 4 heteroatoms. The summed E-state index contributed by atoms with van der Waals surface area (Å²) < 4.78 is 0. The van der Waals surface area contributed by atoms with Crippen LogP contribution in [0.1, 0.15) is 38.5 Å². The van der Waals surface area contributed by atoms with E-state index in [0.717, 1.165) is 58.4 Å². The van der Waals surface area contributed by atoms with Gasteiger partial charge in [-0.25, -0.2) is 0 Å². The molecule has 0 aromatic rings. The summed E-state index contributed by atoms with van der Waals surface area (Å²) in [5.74, 6) is 0.389. The van der Waals surface area contributed by atoms with Gasteiger partial charge in [-0.1, -0.05) is 6.42 Å². The molecule has 17 heavy (non-hydrogen) atoms. The molecule has 2 N–H and O–H groups in total. The van der Waals surface area contributed by atoms with E-state index in [1.54, 1.807) is 0 Å². The lowest BCUT2D eigenvalue weighted by Gasteiger charge is -2.38. The molecule has 2 rings (SSSR count). The van der Waals surface area contributed by atoms with Gasteiger partial charge in [-0.05, 0) is 25.7 Å². The summed E-state index contributed by atoms with van der Waals surface area (Å²) in [6.07, 6.45) is 6.52. The minimum atomic E-state index is 0.389. The number of amides is 1. The zero-order valence-electron chi connectivity index (χ0n) is 10.7. The first-order valence-electron chi connectivity index (χ1n) is 7.03. The molecule has 0 unspecified atom stereocenters. The average Bonchev–Trinajstić information content (AvgIpc) is 2.56. The van der Waals surface area contributed by atoms with Crippen molar-refractivity contribution in [2.75, 3.05) is 32.7 Å². The molecule has 2 heterocycles. The van der Waals surface area contributed by atoms with Crippen LogP contribution in [0.5, 0.6) is 0 Å². The van der Waals surface area contributed by atoms with E-state index in [1.165, 1.54) is 12.8 Å². The van der Waals surface area contributed by atoms with Crippen LogP contribution in [-0.4, -0.2) is 54.5 Å². The molecule has 2 saturated heterocycles. The highest BCUT2D eigenvalue weighted by Crippen LogP contribution is 2.21. The third-order valence-corrected chi connectivity index (χ3v) is 4.05. The van der Waals surface area contributed by atoms with Crippen LogP contribution in [0.4, 0.5) is 0 Å². The van der Waals surface area contributed by atoms with Gasteiger partial charge in [0, 0.05) is 45.2 Å². The number of piperidine rings is 1. The summed E-state index contributed by atoms with van der Waals surface area (Å²) >= 11 is 0. The van der Waals surface area contributed by atoms with Crippen LogP contribution in [0, 0.1) is 0 Å². The summed E-state index contributed by atoms with van der Waals surface area (Å²) in [6.45, 7) is 4.94. The van der Waals surface area contributed by atoms with E-state index in [1.807, 2.05) is 0 Å². The van der Waals surface area contributed by atoms with Gasteiger partial charge in [0.2, 0.25) is 5.91 Å². The predicted octanol–water partition coefficient (Wildman–Crippen LogP) is 0.812. The molecule has 0 aromatic heterocycles. The molecule has 0 aromatic carbocycles. The third-order valence-electron chi connectivity index (χ3n) is 4.05. The van der Waals surface area contributed by atoms with Gasteiger partial charge < -0.3 is 15.5 Å². The zero-order chi connectivity index (χ0) is 12.1. The predicted molar refractivity (Wildman–Crippen MR) is 68.7 cm³/mol. The Kier molecular flexibility index (Phi) is 4.80. The van der Waals surface area contributed by atoms with Crippen molar-refractivity contribution >= 4 is 5.91 Å². The van der Waals surface area contributed by atoms with Crippen LogP contribution in [0.3, 0.4) is 0 Å². The number of carbonyl (C=O) groups excluding carboxylic acids is 1. The fraction of sp³-hybridized carbons (Fsp3) is 0.923. The van der Waals surface area contributed by atoms with Crippen molar-refractivity contribution in [3.05, 3.63) is 0 Å². The highest BCUT2D eigenvalue weighted by molar-refractivity contribution is 5.76. The molecule has 0 aliphatic carbocycles. The van der Waals surface area contributed by atoms with Crippen LogP contribution in [0.2, 0.25) is 0 Å². The molecule has 98 valence electrons. The van der Waals surface area contributed by atoms with E-state index in [0.29, 0.717) is 11.9 Å². The fourth-order valence-corrected chi connectivity index (χ4v) is 3.03. The van der Waals surface area contributed by atoms with Crippen molar-refractivity contribution < 1.29 is 4.79 Å². The van der Waals surface area contributed by atoms with Gasteiger partial charge in [0.15, 0.2) is 0 Å². The zero-order valence-corrected chi connectivity index (χ0v) is 10.7. The summed E-state index contributed by atoms with van der Waals surface area (Å²) in [6, 6.07) is 0.495. The lowest BCUT2D eigenvalue weighted by atomic mass is 10.0. The van der Waals surface area contributed by atoms with Crippen LogP contribution < -0.4 is 5.73 Å². The molecule has 1 amide bonds. The normalized spacial score (nSPS) is 25.0. The molecule has 0 atom stereocenters. The summed E-state index contributed by atoms with van der Waals surface area (Å²) in [4.78, 5) is 16.6. The molecular weight excluding hydrogens is 214 g/mol. The number of hydrogen-bond acceptors (Lipinski definition) is 3. The maximum absolute atomic E-state index is 12.0. The lowest BCUT2D eigenvalue weighted by Crippen LogP contribution is -2.48. The van der Waals surface area contributed by atoms with E-state index in [9.17, 15) is 4.79 Å². The monoisotopic (exact) mass is 239 g/mol. The molecule has 0 radical (unpaired) electrons. The maximum Gasteiger partial charge on any atom is 0.222 e. The van der Waals surface area contributed by atoms with Crippen LogP contribution >= 0.6 is 0 Å². The Morgan fingerprint density at radius 2 is 1.88 bits per heavy atom. The van der Waals surface area contributed by atoms with Crippen LogP contribution in [-0.2, 0) is 4.79 Å². The Hall–Kier alpha value is -0.610. The molecule has 2 aliphatic heterocycles. The van der Waals surface area contributed by atoms with Gasteiger partial charge in [-0.3, -0.25) is 4.79 Å². The summed E-state index contributed by atoms with van der Waals surface area (Å²) in [5.41, 5.74) is 5.57. The minimum Gasteiger partial charge on any atom is -0.340 e. The Morgan fingerprint density at radius 3 is 2.59 bits per heavy atom. The van der Waals surface area contributed by atoms with Gasteiger partial charge >= 0.3 is 0 Å². The first-order chi connectivity index (χ1) is 8.31. The summed E-state index contributed by atoms with van der Waals surface area (Å²) in [5, 5.41) is 0. The number of rotatable bonds is 3. The van der Waals surface area contributed by atoms with Crippen molar-refractivity contribution in [1.29, 1.82) is 0 Å². The molecular formula is C13H25N3O. The van der Waals surface area contributed by atoms with Gasteiger partial charge in [0.05, 0.1) is 0 Å². The van der Waals surface area contributed by atoms with Gasteiger partial charge in [-0.2, -0.15) is 0 Å². The standard InChI is InChI=1S/C13H25N3O/c14-7-11-15-9-5-12(6-10-15)16-8-3-1-2-4-13(16)17/h12H,1-11,14H2. The lowest BCUT2D eigenvalue weighted by molar-refractivity contribution is -0.133. The number of nitrogens with zero attached hydrogens (tertiary/aromatic N) is 2. The average molecular weight is 239 g/mol. The first-order valence-corrected chi connectivity index (χ1v) is 7.03. The second kappa shape index (κ2) is 6.36. The maximum atomic E-state index is 12.0. The van der Waals surface area contributed by atoms with Crippen molar-refractivity contribution in [2.24, 2.45) is 5.73 Å². The molecule has 2 aliphatic rings. The highest BCUT2D eigenvalue weighted by Gasteiger charge is 2.28. The number of nitrogens with two attached hydrogens (primary N) is 1. The Morgan fingerprint density at radius 1 is 1.12 bits per heavy atom. The van der Waals surface area contributed by atoms with Gasteiger partial charge in [-0.15, -0.1) is 0 Å². The molecule has 4 nitrogen and oxygen atoms in total. The van der Waals surface area contributed by atoms with E-state index >= 15 is 0 Å². The molecule has 2 fully saturated rings. The van der Waals surface area contributed by atoms with Crippen molar-refractivity contribution in [3.8, 4) is 0 Å². The Labute approximate surface area is 104 Å². The third kappa shape index (κ3) is 3.42. The second-order valence-corrected chi connectivity index (χ2v) is 5.26. The minimum absolute atomic E-state index is 0.389. The Bertz CT molecular complexity index is 249. The van der Waals surface area contributed by atoms with E-state index < -0.39 is 0 Å². The fourth-order valence-electron chi connectivity index (χ4n) is 3.03. The largest absolute Gasteiger partial charge is 0.340 e. The van der Waals surface area contributed by atoms with Crippen LogP contribution in [0.15, 0.2) is 0 Å². The van der Waals surface area contributed by atoms with Crippen molar-refractivity contribution in [1.82, 2.24) is 9.80 Å². The highest BCUT2D eigenvalue weighted by atomic mass is 16.2. The first kappa shape index (κ1) is 12.8. The number of likely N-dealkylation sites (tertiary alicyclic amines) is 2. The Balaban J connectivity index is 1.84. The van der Waals surface area contributed by atoms with E-state index in [2.05, 4.69) is 9.80 Å². The second-order valence-electron chi connectivity index (χ2n) is 5.26. The van der Waals surface area contributed by atoms with Gasteiger partial charge in [0.1, 0.15) is 0 Å². The quantitative estimate of drug-likeness (QED) is 0.793. The summed E-state index contributed by atoms with van der Waals surface area (Å²) in [7, 11) is 0. The van der Waals surface area contributed by atoms with E-state index in [4.69, 9.17) is 5.73 Å². The van der Waals surface area contributed by atoms with Crippen molar-refractivity contribution in [2.45, 2.75) is 44.6 Å². The molecule has 0 saturated carbocycles.